The Labute approximate surface area is 111 Å². The molecule has 2 aromatic heterocycles. The van der Waals surface area contributed by atoms with E-state index in [1.807, 2.05) is 19.1 Å². The lowest BCUT2D eigenvalue weighted by Gasteiger charge is -2.09. The fourth-order valence-electron chi connectivity index (χ4n) is 1.60. The van der Waals surface area contributed by atoms with Crippen molar-refractivity contribution in [3.63, 3.8) is 0 Å². The molecule has 0 aliphatic carbocycles. The van der Waals surface area contributed by atoms with Gasteiger partial charge in [-0.3, -0.25) is 9.78 Å². The molecule has 0 bridgehead atoms. The molecular formula is C14H15N3O2. The van der Waals surface area contributed by atoms with Crippen LogP contribution in [0.3, 0.4) is 0 Å². The molecule has 0 atom stereocenters. The van der Waals surface area contributed by atoms with Crippen molar-refractivity contribution in [2.75, 3.05) is 6.61 Å². The maximum atomic E-state index is 11.9. The van der Waals surface area contributed by atoms with Gasteiger partial charge < -0.3 is 10.1 Å². The molecule has 0 aliphatic rings. The SMILES string of the molecule is CCOc1ncccc1CNC(=O)c1cccnc1. The van der Waals surface area contributed by atoms with Crippen LogP contribution in [0.25, 0.3) is 0 Å². The monoisotopic (exact) mass is 257 g/mol. The fraction of sp³-hybridized carbons (Fsp3) is 0.214. The zero-order chi connectivity index (χ0) is 13.5. The summed E-state index contributed by atoms with van der Waals surface area (Å²) >= 11 is 0. The first-order chi connectivity index (χ1) is 9.31. The van der Waals surface area contributed by atoms with Gasteiger partial charge in [0.05, 0.1) is 12.2 Å². The maximum absolute atomic E-state index is 11.9. The summed E-state index contributed by atoms with van der Waals surface area (Å²) in [5.41, 5.74) is 1.38. The Morgan fingerprint density at radius 2 is 2.16 bits per heavy atom. The standard InChI is InChI=1S/C14H15N3O2/c1-2-19-14-12(6-4-8-16-14)10-17-13(18)11-5-3-7-15-9-11/h3-9H,2,10H2,1H3,(H,17,18). The van der Waals surface area contributed by atoms with Crippen LogP contribution < -0.4 is 10.1 Å². The van der Waals surface area contributed by atoms with Gasteiger partial charge in [-0.2, -0.15) is 0 Å². The number of carbonyl (C=O) groups is 1. The number of carbonyl (C=O) groups excluding carboxylic acids is 1. The first-order valence-electron chi connectivity index (χ1n) is 6.06. The topological polar surface area (TPSA) is 64.1 Å². The predicted octanol–water partition coefficient (Wildman–Crippen LogP) is 1.81. The van der Waals surface area contributed by atoms with Crippen LogP contribution in [0.1, 0.15) is 22.8 Å². The minimum Gasteiger partial charge on any atom is -0.478 e. The average Bonchev–Trinajstić information content (AvgIpc) is 2.47. The van der Waals surface area contributed by atoms with Crippen LogP contribution in [0.2, 0.25) is 0 Å². The molecule has 0 saturated heterocycles. The van der Waals surface area contributed by atoms with Crippen molar-refractivity contribution in [3.8, 4) is 5.88 Å². The molecule has 1 amide bonds. The number of amides is 1. The van der Waals surface area contributed by atoms with E-state index in [-0.39, 0.29) is 5.91 Å². The third kappa shape index (κ3) is 3.51. The maximum Gasteiger partial charge on any atom is 0.253 e. The smallest absolute Gasteiger partial charge is 0.253 e. The lowest BCUT2D eigenvalue weighted by Crippen LogP contribution is -2.23. The zero-order valence-corrected chi connectivity index (χ0v) is 10.7. The molecule has 2 rings (SSSR count). The Kier molecular flexibility index (Phi) is 4.44. The van der Waals surface area contributed by atoms with Crippen molar-refractivity contribution in [1.29, 1.82) is 0 Å². The number of ether oxygens (including phenoxy) is 1. The average molecular weight is 257 g/mol. The molecule has 0 spiro atoms. The van der Waals surface area contributed by atoms with E-state index < -0.39 is 0 Å². The van der Waals surface area contributed by atoms with Gasteiger partial charge in [0.25, 0.3) is 5.91 Å². The van der Waals surface area contributed by atoms with Crippen molar-refractivity contribution in [2.24, 2.45) is 0 Å². The number of nitrogens with zero attached hydrogens (tertiary/aromatic N) is 2. The molecule has 0 saturated carbocycles. The van der Waals surface area contributed by atoms with Crippen molar-refractivity contribution < 1.29 is 9.53 Å². The van der Waals surface area contributed by atoms with Crippen LogP contribution in [0.5, 0.6) is 5.88 Å². The highest BCUT2D eigenvalue weighted by Crippen LogP contribution is 2.13. The third-order valence-electron chi connectivity index (χ3n) is 2.49. The normalized spacial score (nSPS) is 9.95. The zero-order valence-electron chi connectivity index (χ0n) is 10.7. The van der Waals surface area contributed by atoms with Crippen LogP contribution in [0.4, 0.5) is 0 Å². The highest BCUT2D eigenvalue weighted by atomic mass is 16.5. The number of rotatable bonds is 5. The van der Waals surface area contributed by atoms with Gasteiger partial charge in [-0.25, -0.2) is 4.98 Å². The van der Waals surface area contributed by atoms with E-state index in [1.165, 1.54) is 6.20 Å². The van der Waals surface area contributed by atoms with Crippen LogP contribution in [0, 0.1) is 0 Å². The molecule has 2 aromatic rings. The lowest BCUT2D eigenvalue weighted by molar-refractivity contribution is 0.0950. The van der Waals surface area contributed by atoms with Gasteiger partial charge in [0.15, 0.2) is 0 Å². The Morgan fingerprint density at radius 1 is 1.32 bits per heavy atom. The van der Waals surface area contributed by atoms with Crippen LogP contribution in [-0.2, 0) is 6.54 Å². The summed E-state index contributed by atoms with van der Waals surface area (Å²) < 4.78 is 5.40. The summed E-state index contributed by atoms with van der Waals surface area (Å²) in [5, 5.41) is 2.82. The molecule has 5 nitrogen and oxygen atoms in total. The second-order valence-electron chi connectivity index (χ2n) is 3.83. The largest absolute Gasteiger partial charge is 0.478 e. The number of nitrogens with one attached hydrogen (secondary N) is 1. The van der Waals surface area contributed by atoms with E-state index in [9.17, 15) is 4.79 Å². The van der Waals surface area contributed by atoms with E-state index in [0.717, 1.165) is 5.56 Å². The van der Waals surface area contributed by atoms with Gasteiger partial charge >= 0.3 is 0 Å². The van der Waals surface area contributed by atoms with Gasteiger partial charge in [-0.1, -0.05) is 6.07 Å². The molecular weight excluding hydrogens is 242 g/mol. The van der Waals surface area contributed by atoms with Crippen molar-refractivity contribution in [3.05, 3.63) is 54.0 Å². The first kappa shape index (κ1) is 13.0. The Morgan fingerprint density at radius 3 is 2.89 bits per heavy atom. The number of aromatic nitrogens is 2. The Bertz CT molecular complexity index is 543. The number of hydrogen-bond acceptors (Lipinski definition) is 4. The van der Waals surface area contributed by atoms with Gasteiger partial charge in [0.1, 0.15) is 0 Å². The van der Waals surface area contributed by atoms with Gasteiger partial charge in [0.2, 0.25) is 5.88 Å². The fourth-order valence-corrected chi connectivity index (χ4v) is 1.60. The molecule has 1 N–H and O–H groups in total. The van der Waals surface area contributed by atoms with E-state index in [0.29, 0.717) is 24.6 Å². The van der Waals surface area contributed by atoms with Crippen molar-refractivity contribution in [1.82, 2.24) is 15.3 Å². The van der Waals surface area contributed by atoms with Crippen molar-refractivity contribution in [2.45, 2.75) is 13.5 Å². The summed E-state index contributed by atoms with van der Waals surface area (Å²) in [4.78, 5) is 19.9. The van der Waals surface area contributed by atoms with Gasteiger partial charge in [-0.15, -0.1) is 0 Å². The predicted molar refractivity (Wildman–Crippen MR) is 70.8 cm³/mol. The van der Waals surface area contributed by atoms with Crippen LogP contribution in [-0.4, -0.2) is 22.5 Å². The highest BCUT2D eigenvalue weighted by molar-refractivity contribution is 5.93. The van der Waals surface area contributed by atoms with Crippen LogP contribution in [0.15, 0.2) is 42.9 Å². The van der Waals surface area contributed by atoms with E-state index in [1.54, 1.807) is 24.5 Å². The molecule has 0 fully saturated rings. The molecule has 0 aromatic carbocycles. The second kappa shape index (κ2) is 6.49. The minimum atomic E-state index is -0.167. The summed E-state index contributed by atoms with van der Waals surface area (Å²) in [6, 6.07) is 7.13. The highest BCUT2D eigenvalue weighted by Gasteiger charge is 2.08. The number of hydrogen-bond donors (Lipinski definition) is 1. The Hall–Kier alpha value is -2.43. The molecule has 19 heavy (non-hydrogen) atoms. The summed E-state index contributed by atoms with van der Waals surface area (Å²) in [5.74, 6) is 0.385. The van der Waals surface area contributed by atoms with Gasteiger partial charge in [-0.05, 0) is 25.1 Å². The molecule has 5 heteroatoms. The molecule has 0 unspecified atom stereocenters. The summed E-state index contributed by atoms with van der Waals surface area (Å²) in [7, 11) is 0. The minimum absolute atomic E-state index is 0.167. The third-order valence-corrected chi connectivity index (χ3v) is 2.49. The summed E-state index contributed by atoms with van der Waals surface area (Å²) in [6.07, 6.45) is 4.82. The van der Waals surface area contributed by atoms with E-state index >= 15 is 0 Å². The quantitative estimate of drug-likeness (QED) is 0.887. The lowest BCUT2D eigenvalue weighted by atomic mass is 10.2. The molecule has 0 radical (unpaired) electrons. The molecule has 2 heterocycles. The number of pyridine rings is 2. The second-order valence-corrected chi connectivity index (χ2v) is 3.83. The van der Waals surface area contributed by atoms with Gasteiger partial charge in [0, 0.05) is 30.7 Å². The van der Waals surface area contributed by atoms with E-state index in [4.69, 9.17) is 4.74 Å². The molecule has 0 aliphatic heterocycles. The van der Waals surface area contributed by atoms with E-state index in [2.05, 4.69) is 15.3 Å². The first-order valence-corrected chi connectivity index (χ1v) is 6.06. The van der Waals surface area contributed by atoms with Crippen LogP contribution >= 0.6 is 0 Å². The van der Waals surface area contributed by atoms with Crippen molar-refractivity contribution >= 4 is 5.91 Å². The summed E-state index contributed by atoms with van der Waals surface area (Å²) in [6.45, 7) is 2.81. The Balaban J connectivity index is 2.01. The molecule has 98 valence electrons.